The third-order valence-electron chi connectivity index (χ3n) is 4.18. The molecule has 0 aliphatic carbocycles. The molecule has 1 N–H and O–H groups in total. The Kier molecular flexibility index (Phi) is 3.92. The molecule has 2 aromatic rings. The Morgan fingerprint density at radius 3 is 3.10 bits per heavy atom. The minimum absolute atomic E-state index is 0.0139. The summed E-state index contributed by atoms with van der Waals surface area (Å²) in [6.45, 7) is 5.18. The molecule has 1 saturated heterocycles. The minimum Gasteiger partial charge on any atom is -0.423 e. The van der Waals surface area contributed by atoms with Gasteiger partial charge >= 0.3 is 0 Å². The smallest absolute Gasteiger partial charge is 0.247 e. The second kappa shape index (κ2) is 5.85. The lowest BCUT2D eigenvalue weighted by molar-refractivity contribution is -0.0708. The molecule has 2 atom stereocenters. The summed E-state index contributed by atoms with van der Waals surface area (Å²) in [4.78, 5) is 0. The van der Waals surface area contributed by atoms with E-state index in [2.05, 4.69) is 35.4 Å². The monoisotopic (exact) mass is 287 g/mol. The second-order valence-corrected chi connectivity index (χ2v) is 5.81. The second-order valence-electron chi connectivity index (χ2n) is 5.81. The molecule has 5 nitrogen and oxygen atoms in total. The van der Waals surface area contributed by atoms with Crippen LogP contribution in [0.5, 0.6) is 0 Å². The van der Waals surface area contributed by atoms with E-state index in [1.165, 1.54) is 6.39 Å². The zero-order valence-corrected chi connectivity index (χ0v) is 12.5. The third-order valence-corrected chi connectivity index (χ3v) is 4.18. The minimum atomic E-state index is -0.0139. The van der Waals surface area contributed by atoms with Crippen LogP contribution in [0.2, 0.25) is 0 Å². The molecule has 0 spiro atoms. The number of hydrogen-bond donors (Lipinski definition) is 1. The summed E-state index contributed by atoms with van der Waals surface area (Å²) in [5, 5.41) is 11.3. The number of nitrogens with one attached hydrogen (secondary N) is 1. The van der Waals surface area contributed by atoms with Crippen LogP contribution in [0, 0.1) is 0 Å². The lowest BCUT2D eigenvalue weighted by atomic mass is 9.90. The molecule has 1 aliphatic rings. The van der Waals surface area contributed by atoms with Gasteiger partial charge in [0.25, 0.3) is 0 Å². The maximum atomic E-state index is 5.89. The molecule has 2 unspecified atom stereocenters. The van der Waals surface area contributed by atoms with Gasteiger partial charge in [-0.3, -0.25) is 0 Å². The van der Waals surface area contributed by atoms with E-state index in [4.69, 9.17) is 9.15 Å². The summed E-state index contributed by atoms with van der Waals surface area (Å²) in [7, 11) is 0. The summed E-state index contributed by atoms with van der Waals surface area (Å²) in [5.41, 5.74) is 2.00. The van der Waals surface area contributed by atoms with Crippen LogP contribution >= 0.6 is 0 Å². The quantitative estimate of drug-likeness (QED) is 0.932. The zero-order valence-electron chi connectivity index (χ0n) is 12.5. The Morgan fingerprint density at radius 1 is 1.43 bits per heavy atom. The van der Waals surface area contributed by atoms with Gasteiger partial charge in [-0.2, -0.15) is 0 Å². The molecule has 2 heterocycles. The Labute approximate surface area is 124 Å². The van der Waals surface area contributed by atoms with Crippen LogP contribution in [0.1, 0.15) is 33.1 Å². The standard InChI is InChI=1S/C16H21N3O2/c1-3-16(2)10-14(7-8-21-16)18-13-6-4-5-12(9-13)15-19-17-11-20-15/h4-6,9,11,14,18H,3,7-8,10H2,1-2H3. The van der Waals surface area contributed by atoms with E-state index >= 15 is 0 Å². The Bertz CT molecular complexity index is 585. The van der Waals surface area contributed by atoms with Crippen molar-refractivity contribution in [1.82, 2.24) is 10.2 Å². The van der Waals surface area contributed by atoms with Gasteiger partial charge in [0.05, 0.1) is 5.60 Å². The van der Waals surface area contributed by atoms with Crippen molar-refractivity contribution in [1.29, 1.82) is 0 Å². The van der Waals surface area contributed by atoms with Gasteiger partial charge in [0, 0.05) is 23.9 Å². The molecule has 1 aliphatic heterocycles. The fourth-order valence-electron chi connectivity index (χ4n) is 2.78. The zero-order chi connectivity index (χ0) is 14.7. The highest BCUT2D eigenvalue weighted by molar-refractivity contribution is 5.61. The van der Waals surface area contributed by atoms with Crippen molar-refractivity contribution >= 4 is 5.69 Å². The van der Waals surface area contributed by atoms with Crippen LogP contribution in [0.3, 0.4) is 0 Å². The molecule has 5 heteroatoms. The lowest BCUT2D eigenvalue weighted by Crippen LogP contribution is -2.41. The predicted octanol–water partition coefficient (Wildman–Crippen LogP) is 3.50. The molecular formula is C16H21N3O2. The van der Waals surface area contributed by atoms with Crippen molar-refractivity contribution in [2.75, 3.05) is 11.9 Å². The number of nitrogens with zero attached hydrogens (tertiary/aromatic N) is 2. The largest absolute Gasteiger partial charge is 0.423 e. The molecule has 0 bridgehead atoms. The van der Waals surface area contributed by atoms with Gasteiger partial charge in [0.15, 0.2) is 0 Å². The highest BCUT2D eigenvalue weighted by Crippen LogP contribution is 2.30. The van der Waals surface area contributed by atoms with Crippen LogP contribution in [-0.2, 0) is 4.74 Å². The van der Waals surface area contributed by atoms with Crippen molar-refractivity contribution in [3.8, 4) is 11.5 Å². The highest BCUT2D eigenvalue weighted by Gasteiger charge is 2.31. The maximum Gasteiger partial charge on any atom is 0.247 e. The molecule has 0 radical (unpaired) electrons. The van der Waals surface area contributed by atoms with Crippen LogP contribution in [-0.4, -0.2) is 28.4 Å². The SMILES string of the molecule is CCC1(C)CC(Nc2cccc(-c3nnco3)c2)CCO1. The summed E-state index contributed by atoms with van der Waals surface area (Å²) in [6, 6.07) is 8.52. The summed E-state index contributed by atoms with van der Waals surface area (Å²) in [6.07, 6.45) is 4.43. The molecular weight excluding hydrogens is 266 g/mol. The first kappa shape index (κ1) is 14.1. The average molecular weight is 287 g/mol. The predicted molar refractivity (Wildman–Crippen MR) is 81.0 cm³/mol. The first-order chi connectivity index (χ1) is 10.2. The van der Waals surface area contributed by atoms with Crippen molar-refractivity contribution < 1.29 is 9.15 Å². The van der Waals surface area contributed by atoms with Gasteiger partial charge < -0.3 is 14.5 Å². The van der Waals surface area contributed by atoms with E-state index in [-0.39, 0.29) is 5.60 Å². The normalized spacial score (nSPS) is 25.7. The van der Waals surface area contributed by atoms with Crippen LogP contribution in [0.25, 0.3) is 11.5 Å². The van der Waals surface area contributed by atoms with Gasteiger partial charge in [0.1, 0.15) is 0 Å². The fraction of sp³-hybridized carbons (Fsp3) is 0.500. The number of ether oxygens (including phenoxy) is 1. The van der Waals surface area contributed by atoms with E-state index in [0.717, 1.165) is 37.1 Å². The maximum absolute atomic E-state index is 5.89. The number of rotatable bonds is 4. The van der Waals surface area contributed by atoms with E-state index in [9.17, 15) is 0 Å². The Hall–Kier alpha value is -1.88. The van der Waals surface area contributed by atoms with Gasteiger partial charge in [-0.05, 0) is 44.4 Å². The van der Waals surface area contributed by atoms with Crippen molar-refractivity contribution in [3.05, 3.63) is 30.7 Å². The molecule has 1 aromatic heterocycles. The number of anilines is 1. The highest BCUT2D eigenvalue weighted by atomic mass is 16.5. The Balaban J connectivity index is 1.72. The van der Waals surface area contributed by atoms with Crippen LogP contribution in [0.4, 0.5) is 5.69 Å². The molecule has 1 fully saturated rings. The number of benzene rings is 1. The molecule has 21 heavy (non-hydrogen) atoms. The van der Waals surface area contributed by atoms with Crippen molar-refractivity contribution in [3.63, 3.8) is 0 Å². The molecule has 112 valence electrons. The topological polar surface area (TPSA) is 60.2 Å². The van der Waals surface area contributed by atoms with Gasteiger partial charge in [0.2, 0.25) is 12.3 Å². The summed E-state index contributed by atoms with van der Waals surface area (Å²) < 4.78 is 11.1. The van der Waals surface area contributed by atoms with E-state index in [1.807, 2.05) is 18.2 Å². The van der Waals surface area contributed by atoms with Crippen molar-refractivity contribution in [2.45, 2.75) is 44.8 Å². The average Bonchev–Trinajstić information content (AvgIpc) is 3.02. The van der Waals surface area contributed by atoms with Gasteiger partial charge in [-0.25, -0.2) is 0 Å². The molecule has 1 aromatic carbocycles. The van der Waals surface area contributed by atoms with Crippen LogP contribution in [0.15, 0.2) is 35.1 Å². The van der Waals surface area contributed by atoms with Gasteiger partial charge in [-0.1, -0.05) is 13.0 Å². The van der Waals surface area contributed by atoms with Crippen LogP contribution < -0.4 is 5.32 Å². The fourth-order valence-corrected chi connectivity index (χ4v) is 2.78. The number of hydrogen-bond acceptors (Lipinski definition) is 5. The lowest BCUT2D eigenvalue weighted by Gasteiger charge is -2.38. The van der Waals surface area contributed by atoms with Gasteiger partial charge in [-0.15, -0.1) is 10.2 Å². The molecule has 0 amide bonds. The number of aromatic nitrogens is 2. The van der Waals surface area contributed by atoms with E-state index < -0.39 is 0 Å². The summed E-state index contributed by atoms with van der Waals surface area (Å²) in [5.74, 6) is 0.545. The summed E-state index contributed by atoms with van der Waals surface area (Å²) >= 11 is 0. The van der Waals surface area contributed by atoms with E-state index in [0.29, 0.717) is 11.9 Å². The third kappa shape index (κ3) is 3.24. The molecule has 3 rings (SSSR count). The Morgan fingerprint density at radius 2 is 2.33 bits per heavy atom. The van der Waals surface area contributed by atoms with Crippen molar-refractivity contribution in [2.24, 2.45) is 0 Å². The van der Waals surface area contributed by atoms with E-state index in [1.54, 1.807) is 0 Å². The first-order valence-corrected chi connectivity index (χ1v) is 7.46. The first-order valence-electron chi connectivity index (χ1n) is 7.46. The molecule has 0 saturated carbocycles.